The number of amides is 4. The maximum Gasteiger partial charge on any atom is 0.319 e. The molecule has 0 saturated heterocycles. The molecule has 0 bridgehead atoms. The molecule has 0 atom stereocenters. The fourth-order valence-corrected chi connectivity index (χ4v) is 4.11. The van der Waals surface area contributed by atoms with Crippen molar-refractivity contribution in [3.63, 3.8) is 0 Å². The molecule has 3 rings (SSSR count). The summed E-state index contributed by atoms with van der Waals surface area (Å²) in [5, 5.41) is 5.28. The summed E-state index contributed by atoms with van der Waals surface area (Å²) >= 11 is 0. The maximum atomic E-state index is 13.4. The quantitative estimate of drug-likeness (QED) is 0.200. The highest BCUT2D eigenvalue weighted by molar-refractivity contribution is 5.99. The Labute approximate surface area is 251 Å². The summed E-state index contributed by atoms with van der Waals surface area (Å²) in [6.45, 7) is 3.94. The van der Waals surface area contributed by atoms with Crippen molar-refractivity contribution in [1.29, 1.82) is 0 Å². The van der Waals surface area contributed by atoms with Gasteiger partial charge in [0, 0.05) is 30.7 Å². The summed E-state index contributed by atoms with van der Waals surface area (Å²) in [7, 11) is 2.95. The third-order valence-electron chi connectivity index (χ3n) is 6.53. The fourth-order valence-electron chi connectivity index (χ4n) is 4.11. The molecule has 11 heteroatoms. The van der Waals surface area contributed by atoms with Crippen molar-refractivity contribution in [3.05, 3.63) is 78.4 Å². The molecule has 3 aromatic carbocycles. The minimum Gasteiger partial charge on any atom is -0.482 e. The number of carbonyl (C=O) groups excluding carboxylic acids is 4. The molecule has 0 saturated carbocycles. The predicted octanol–water partition coefficient (Wildman–Crippen LogP) is 4.23. The van der Waals surface area contributed by atoms with Gasteiger partial charge >= 0.3 is 12.0 Å². The van der Waals surface area contributed by atoms with Crippen LogP contribution in [0.4, 0.5) is 27.5 Å². The van der Waals surface area contributed by atoms with Gasteiger partial charge in [-0.25, -0.2) is 4.79 Å². The Morgan fingerprint density at radius 3 is 2.40 bits per heavy atom. The molecule has 0 spiro atoms. The van der Waals surface area contributed by atoms with E-state index in [0.29, 0.717) is 52.9 Å². The molecule has 0 unspecified atom stereocenters. The first-order valence-corrected chi connectivity index (χ1v) is 13.9. The van der Waals surface area contributed by atoms with Crippen LogP contribution in [0.2, 0.25) is 0 Å². The highest BCUT2D eigenvalue weighted by Crippen LogP contribution is 2.29. The van der Waals surface area contributed by atoms with Gasteiger partial charge in [0.25, 0.3) is 5.91 Å². The Kier molecular flexibility index (Phi) is 11.9. The number of nitrogens with one attached hydrogen (secondary N) is 2. The number of para-hydroxylation sites is 2. The van der Waals surface area contributed by atoms with Crippen molar-refractivity contribution >= 4 is 46.6 Å². The molecule has 11 nitrogen and oxygen atoms in total. The number of rotatable bonds is 13. The molecule has 4 amide bonds. The minimum atomic E-state index is -0.577. The van der Waals surface area contributed by atoms with Gasteiger partial charge in [0.05, 0.1) is 25.8 Å². The summed E-state index contributed by atoms with van der Waals surface area (Å²) < 4.78 is 10.6. The van der Waals surface area contributed by atoms with E-state index in [4.69, 9.17) is 10.5 Å². The van der Waals surface area contributed by atoms with Crippen molar-refractivity contribution in [3.8, 4) is 5.75 Å². The monoisotopic (exact) mass is 589 g/mol. The van der Waals surface area contributed by atoms with E-state index in [9.17, 15) is 19.2 Å². The van der Waals surface area contributed by atoms with Gasteiger partial charge in [-0.3, -0.25) is 14.4 Å². The zero-order valence-corrected chi connectivity index (χ0v) is 25.0. The number of carbonyl (C=O) groups is 4. The zero-order chi connectivity index (χ0) is 31.4. The van der Waals surface area contributed by atoms with Crippen LogP contribution < -0.4 is 30.9 Å². The highest BCUT2D eigenvalue weighted by atomic mass is 16.5. The van der Waals surface area contributed by atoms with Crippen molar-refractivity contribution in [1.82, 2.24) is 5.32 Å². The average Bonchev–Trinajstić information content (AvgIpc) is 2.99. The molecule has 228 valence electrons. The number of hydrogen-bond donors (Lipinski definition) is 3. The normalized spacial score (nSPS) is 10.5. The number of esters is 1. The predicted molar refractivity (Wildman–Crippen MR) is 167 cm³/mol. The lowest BCUT2D eigenvalue weighted by atomic mass is 10.1. The minimum absolute atomic E-state index is 0.0706. The Balaban J connectivity index is 1.67. The van der Waals surface area contributed by atoms with Gasteiger partial charge in [-0.1, -0.05) is 44.2 Å². The highest BCUT2D eigenvalue weighted by Gasteiger charge is 2.22. The SMILES string of the molecule is COC(=O)Cc1cccc(NC(=O)NCC(=O)N(CCC(C)C)c2ccccc2OCC(=O)N(C)c2cccc(N)c2)c1. The summed E-state index contributed by atoms with van der Waals surface area (Å²) in [5.74, 6) is -0.370. The molecular formula is C32H39N5O6. The molecule has 3 aromatic rings. The van der Waals surface area contributed by atoms with Gasteiger partial charge in [0.2, 0.25) is 5.91 Å². The number of likely N-dealkylation sites (N-methyl/N-ethyl adjacent to an activating group) is 1. The molecule has 0 fully saturated rings. The van der Waals surface area contributed by atoms with Gasteiger partial charge in [0.15, 0.2) is 6.61 Å². The van der Waals surface area contributed by atoms with Crippen molar-refractivity contribution in [2.45, 2.75) is 26.7 Å². The van der Waals surface area contributed by atoms with Crippen LogP contribution in [0.1, 0.15) is 25.8 Å². The van der Waals surface area contributed by atoms with Gasteiger partial charge < -0.3 is 35.6 Å². The van der Waals surface area contributed by atoms with Gasteiger partial charge in [-0.2, -0.15) is 0 Å². The van der Waals surface area contributed by atoms with Crippen LogP contribution in [0.15, 0.2) is 72.8 Å². The van der Waals surface area contributed by atoms with E-state index in [1.54, 1.807) is 84.7 Å². The third kappa shape index (κ3) is 10.1. The van der Waals surface area contributed by atoms with Crippen molar-refractivity contribution < 1.29 is 28.7 Å². The molecule has 0 heterocycles. The molecule has 0 aliphatic heterocycles. The number of ether oxygens (including phenoxy) is 2. The molecule has 43 heavy (non-hydrogen) atoms. The van der Waals surface area contributed by atoms with Crippen LogP contribution in [-0.4, -0.2) is 57.7 Å². The van der Waals surface area contributed by atoms with E-state index in [1.807, 2.05) is 0 Å². The third-order valence-corrected chi connectivity index (χ3v) is 6.53. The van der Waals surface area contributed by atoms with Crippen LogP contribution in [0.5, 0.6) is 5.75 Å². The molecule has 0 radical (unpaired) electrons. The second-order valence-corrected chi connectivity index (χ2v) is 10.3. The largest absolute Gasteiger partial charge is 0.482 e. The molecule has 4 N–H and O–H groups in total. The standard InChI is InChI=1S/C32H39N5O6/c1-22(2)15-16-37(29(38)20-34-32(41)35-25-11-7-9-23(17-25)18-31(40)42-4)27-13-5-6-14-28(27)43-21-30(39)36(3)26-12-8-10-24(33)19-26/h5-14,17,19,22H,15-16,18,20-21,33H2,1-4H3,(H2,34,35,41). The summed E-state index contributed by atoms with van der Waals surface area (Å²) in [6.07, 6.45) is 0.775. The summed E-state index contributed by atoms with van der Waals surface area (Å²) in [5.41, 5.74) is 8.66. The van der Waals surface area contributed by atoms with Crippen LogP contribution in [-0.2, 0) is 25.5 Å². The molecule has 0 aliphatic carbocycles. The number of nitrogens with two attached hydrogens (primary N) is 1. The lowest BCUT2D eigenvalue weighted by Gasteiger charge is -2.26. The van der Waals surface area contributed by atoms with Crippen LogP contribution in [0.3, 0.4) is 0 Å². The van der Waals surface area contributed by atoms with Gasteiger partial charge in [-0.15, -0.1) is 0 Å². The first-order chi connectivity index (χ1) is 20.6. The summed E-state index contributed by atoms with van der Waals surface area (Å²) in [4.78, 5) is 53.5. The first kappa shape index (κ1) is 32.5. The lowest BCUT2D eigenvalue weighted by Crippen LogP contribution is -2.42. The van der Waals surface area contributed by atoms with E-state index in [-0.39, 0.29) is 31.4 Å². The fraction of sp³-hybridized carbons (Fsp3) is 0.312. The van der Waals surface area contributed by atoms with E-state index in [1.165, 1.54) is 12.0 Å². The number of nitrogens with zero attached hydrogens (tertiary/aromatic N) is 2. The topological polar surface area (TPSA) is 143 Å². The van der Waals surface area contributed by atoms with Crippen molar-refractivity contribution in [2.24, 2.45) is 5.92 Å². The van der Waals surface area contributed by atoms with E-state index < -0.39 is 12.0 Å². The Morgan fingerprint density at radius 2 is 1.67 bits per heavy atom. The zero-order valence-electron chi connectivity index (χ0n) is 25.0. The number of nitrogen functional groups attached to an aromatic ring is 1. The van der Waals surface area contributed by atoms with E-state index >= 15 is 0 Å². The van der Waals surface area contributed by atoms with E-state index in [0.717, 1.165) is 0 Å². The smallest absolute Gasteiger partial charge is 0.319 e. The Morgan fingerprint density at radius 1 is 0.930 bits per heavy atom. The summed E-state index contributed by atoms with van der Waals surface area (Å²) in [6, 6.07) is 20.2. The molecule has 0 aliphatic rings. The Hall–Kier alpha value is -5.06. The second kappa shape index (κ2) is 15.8. The first-order valence-electron chi connectivity index (χ1n) is 13.9. The molecular weight excluding hydrogens is 550 g/mol. The van der Waals surface area contributed by atoms with Gasteiger partial charge in [0.1, 0.15) is 5.75 Å². The number of benzene rings is 3. The Bertz CT molecular complexity index is 1430. The van der Waals surface area contributed by atoms with Crippen LogP contribution in [0, 0.1) is 5.92 Å². The van der Waals surface area contributed by atoms with Crippen LogP contribution in [0.25, 0.3) is 0 Å². The van der Waals surface area contributed by atoms with Crippen LogP contribution >= 0.6 is 0 Å². The number of anilines is 4. The molecule has 0 aromatic heterocycles. The average molecular weight is 590 g/mol. The van der Waals surface area contributed by atoms with Crippen molar-refractivity contribution in [2.75, 3.05) is 54.7 Å². The number of urea groups is 1. The number of hydrogen-bond acceptors (Lipinski definition) is 7. The second-order valence-electron chi connectivity index (χ2n) is 10.3. The van der Waals surface area contributed by atoms with E-state index in [2.05, 4.69) is 29.2 Å². The maximum absolute atomic E-state index is 13.4. The number of methoxy groups -OCH3 is 1. The lowest BCUT2D eigenvalue weighted by molar-refractivity contribution is -0.139. The van der Waals surface area contributed by atoms with Gasteiger partial charge in [-0.05, 0) is 60.4 Å².